The monoisotopic (exact) mass is 435 g/mol. The summed E-state index contributed by atoms with van der Waals surface area (Å²) in [7, 11) is 0. The van der Waals surface area contributed by atoms with E-state index in [-0.39, 0.29) is 11.9 Å². The zero-order chi connectivity index (χ0) is 21.6. The molecule has 2 heterocycles. The minimum absolute atomic E-state index is 0.00315. The number of benzene rings is 2. The molecule has 0 radical (unpaired) electrons. The fourth-order valence-corrected chi connectivity index (χ4v) is 4.14. The Hall–Kier alpha value is -3.32. The number of carbonyl (C=O) groups excluding carboxylic acids is 2. The van der Waals surface area contributed by atoms with Crippen molar-refractivity contribution in [2.75, 3.05) is 28.7 Å². The van der Waals surface area contributed by atoms with E-state index < -0.39 is 0 Å². The van der Waals surface area contributed by atoms with Crippen LogP contribution in [0.15, 0.2) is 60.0 Å². The summed E-state index contributed by atoms with van der Waals surface area (Å²) in [5.41, 5.74) is 3.27. The van der Waals surface area contributed by atoms with Gasteiger partial charge in [-0.15, -0.1) is 11.3 Å². The van der Waals surface area contributed by atoms with Crippen molar-refractivity contribution in [2.24, 2.45) is 0 Å². The average molecular weight is 436 g/mol. The Morgan fingerprint density at radius 3 is 2.58 bits per heavy atom. The molecule has 1 aromatic heterocycles. The number of fused-ring (bicyclic) bond motifs is 1. The Morgan fingerprint density at radius 2 is 1.84 bits per heavy atom. The number of ether oxygens (including phenoxy) is 1. The van der Waals surface area contributed by atoms with Crippen LogP contribution >= 0.6 is 11.3 Å². The first-order chi connectivity index (χ1) is 15.1. The van der Waals surface area contributed by atoms with Crippen molar-refractivity contribution >= 4 is 40.3 Å². The van der Waals surface area contributed by atoms with E-state index in [1.54, 1.807) is 4.90 Å². The van der Waals surface area contributed by atoms with Gasteiger partial charge >= 0.3 is 6.03 Å². The highest BCUT2D eigenvalue weighted by Gasteiger charge is 2.26. The van der Waals surface area contributed by atoms with Gasteiger partial charge in [-0.3, -0.25) is 4.79 Å². The van der Waals surface area contributed by atoms with Crippen LogP contribution in [0.1, 0.15) is 35.0 Å². The molecule has 0 saturated carbocycles. The molecule has 0 spiro atoms. The van der Waals surface area contributed by atoms with Gasteiger partial charge in [0.25, 0.3) is 5.91 Å². The molecule has 7 heteroatoms. The number of hydrogen-bond acceptors (Lipinski definition) is 4. The molecule has 0 bridgehead atoms. The molecule has 0 saturated heterocycles. The van der Waals surface area contributed by atoms with Crippen molar-refractivity contribution in [3.05, 3.63) is 70.4 Å². The van der Waals surface area contributed by atoms with E-state index in [0.29, 0.717) is 29.4 Å². The van der Waals surface area contributed by atoms with E-state index in [1.165, 1.54) is 11.3 Å². The number of nitrogens with zero attached hydrogens (tertiary/aromatic N) is 1. The average Bonchev–Trinajstić information content (AvgIpc) is 3.45. The van der Waals surface area contributed by atoms with E-state index in [4.69, 9.17) is 4.74 Å². The van der Waals surface area contributed by atoms with Crippen LogP contribution in [0, 0.1) is 0 Å². The summed E-state index contributed by atoms with van der Waals surface area (Å²) in [5, 5.41) is 7.58. The largest absolute Gasteiger partial charge is 0.494 e. The van der Waals surface area contributed by atoms with Crippen LogP contribution in [-0.4, -0.2) is 25.1 Å². The van der Waals surface area contributed by atoms with Crippen LogP contribution in [0.5, 0.6) is 5.75 Å². The Balaban J connectivity index is 1.38. The maximum atomic E-state index is 12.8. The van der Waals surface area contributed by atoms with E-state index >= 15 is 0 Å². The Kier molecular flexibility index (Phi) is 6.52. The van der Waals surface area contributed by atoms with E-state index in [0.717, 1.165) is 36.3 Å². The molecule has 31 heavy (non-hydrogen) atoms. The number of anilines is 3. The Labute approximate surface area is 185 Å². The van der Waals surface area contributed by atoms with Gasteiger partial charge < -0.3 is 20.3 Å². The number of rotatable bonds is 7. The first kappa shape index (κ1) is 20.9. The van der Waals surface area contributed by atoms with Crippen LogP contribution in [0.4, 0.5) is 21.9 Å². The van der Waals surface area contributed by atoms with Gasteiger partial charge in [0.15, 0.2) is 0 Å². The summed E-state index contributed by atoms with van der Waals surface area (Å²) in [6, 6.07) is 16.4. The molecule has 160 valence electrons. The minimum atomic E-state index is -0.339. The van der Waals surface area contributed by atoms with E-state index in [1.807, 2.05) is 60.0 Å². The number of carbonyl (C=O) groups is 2. The highest BCUT2D eigenvalue weighted by molar-refractivity contribution is 7.12. The predicted octanol–water partition coefficient (Wildman–Crippen LogP) is 5.77. The molecule has 2 N–H and O–H groups in total. The number of nitrogens with one attached hydrogen (secondary N) is 2. The number of unbranched alkanes of at least 4 members (excludes halogenated alkanes) is 1. The van der Waals surface area contributed by atoms with Crippen molar-refractivity contribution in [3.8, 4) is 5.75 Å². The standard InChI is InChI=1S/C24H25N3O3S/c1-2-3-14-30-20-10-8-18(9-11-20)25-24(29)26-19-7-6-17-12-13-27(21(17)16-19)23(28)22-5-4-15-31-22/h4-11,15-16H,2-3,12-14H2,1H3,(H2,25,26,29). The summed E-state index contributed by atoms with van der Waals surface area (Å²) >= 11 is 1.43. The second-order valence-corrected chi connectivity index (χ2v) is 8.28. The van der Waals surface area contributed by atoms with Crippen molar-refractivity contribution in [1.82, 2.24) is 0 Å². The maximum absolute atomic E-state index is 12.8. The second kappa shape index (κ2) is 9.66. The van der Waals surface area contributed by atoms with Gasteiger partial charge in [0.2, 0.25) is 0 Å². The van der Waals surface area contributed by atoms with Gasteiger partial charge in [-0.2, -0.15) is 0 Å². The normalized spacial score (nSPS) is 12.4. The maximum Gasteiger partial charge on any atom is 0.323 e. The van der Waals surface area contributed by atoms with Gasteiger partial charge in [-0.25, -0.2) is 4.79 Å². The van der Waals surface area contributed by atoms with Crippen molar-refractivity contribution in [1.29, 1.82) is 0 Å². The summed E-state index contributed by atoms with van der Waals surface area (Å²) in [5.74, 6) is 0.783. The van der Waals surface area contributed by atoms with Crippen LogP contribution in [0.3, 0.4) is 0 Å². The topological polar surface area (TPSA) is 70.7 Å². The van der Waals surface area contributed by atoms with Crippen molar-refractivity contribution < 1.29 is 14.3 Å². The molecule has 3 aromatic rings. The van der Waals surface area contributed by atoms with Crippen molar-refractivity contribution in [2.45, 2.75) is 26.2 Å². The highest BCUT2D eigenvalue weighted by atomic mass is 32.1. The number of hydrogen-bond donors (Lipinski definition) is 2. The zero-order valence-corrected chi connectivity index (χ0v) is 18.2. The summed E-state index contributed by atoms with van der Waals surface area (Å²) in [6.07, 6.45) is 2.91. The molecule has 3 amide bonds. The molecule has 1 aliphatic rings. The van der Waals surface area contributed by atoms with E-state index in [9.17, 15) is 9.59 Å². The summed E-state index contributed by atoms with van der Waals surface area (Å²) < 4.78 is 5.64. The molecule has 0 unspecified atom stereocenters. The summed E-state index contributed by atoms with van der Waals surface area (Å²) in [4.78, 5) is 27.7. The van der Waals surface area contributed by atoms with Crippen LogP contribution < -0.4 is 20.3 Å². The van der Waals surface area contributed by atoms with Gasteiger partial charge in [0.1, 0.15) is 5.75 Å². The Morgan fingerprint density at radius 1 is 1.06 bits per heavy atom. The SMILES string of the molecule is CCCCOc1ccc(NC(=O)Nc2ccc3c(c2)N(C(=O)c2cccs2)CC3)cc1. The molecule has 0 atom stereocenters. The Bertz CT molecular complexity index is 1050. The summed E-state index contributed by atoms with van der Waals surface area (Å²) in [6.45, 7) is 3.46. The molecule has 1 aliphatic heterocycles. The molecule has 4 rings (SSSR count). The third-order valence-electron chi connectivity index (χ3n) is 5.09. The minimum Gasteiger partial charge on any atom is -0.494 e. The third kappa shape index (κ3) is 5.06. The third-order valence-corrected chi connectivity index (χ3v) is 5.95. The lowest BCUT2D eigenvalue weighted by atomic mass is 10.1. The van der Waals surface area contributed by atoms with Crippen LogP contribution in [0.2, 0.25) is 0 Å². The van der Waals surface area contributed by atoms with Gasteiger partial charge in [-0.05, 0) is 66.2 Å². The fourth-order valence-electron chi connectivity index (χ4n) is 3.46. The van der Waals surface area contributed by atoms with Crippen LogP contribution in [-0.2, 0) is 6.42 Å². The molecule has 6 nitrogen and oxygen atoms in total. The highest BCUT2D eigenvalue weighted by Crippen LogP contribution is 2.32. The molecular formula is C24H25N3O3S. The molecule has 0 fully saturated rings. The molecular weight excluding hydrogens is 410 g/mol. The first-order valence-electron chi connectivity index (χ1n) is 10.4. The molecule has 2 aromatic carbocycles. The second-order valence-electron chi connectivity index (χ2n) is 7.33. The lowest BCUT2D eigenvalue weighted by Gasteiger charge is -2.17. The number of urea groups is 1. The number of amides is 3. The zero-order valence-electron chi connectivity index (χ0n) is 17.4. The first-order valence-corrected chi connectivity index (χ1v) is 11.3. The van der Waals surface area contributed by atoms with E-state index in [2.05, 4.69) is 17.6 Å². The fraction of sp³-hybridized carbons (Fsp3) is 0.250. The van der Waals surface area contributed by atoms with Crippen molar-refractivity contribution in [3.63, 3.8) is 0 Å². The lowest BCUT2D eigenvalue weighted by Crippen LogP contribution is -2.28. The van der Waals surface area contributed by atoms with Gasteiger partial charge in [0.05, 0.1) is 11.5 Å². The molecule has 0 aliphatic carbocycles. The lowest BCUT2D eigenvalue weighted by molar-refractivity contribution is 0.0993. The smallest absolute Gasteiger partial charge is 0.323 e. The van der Waals surface area contributed by atoms with Gasteiger partial charge in [0, 0.05) is 23.6 Å². The number of thiophene rings is 1. The quantitative estimate of drug-likeness (QED) is 0.463. The van der Waals surface area contributed by atoms with Crippen LogP contribution in [0.25, 0.3) is 0 Å². The van der Waals surface area contributed by atoms with Gasteiger partial charge in [-0.1, -0.05) is 25.5 Å². The predicted molar refractivity (Wildman–Crippen MR) is 126 cm³/mol.